The van der Waals surface area contributed by atoms with E-state index in [1.165, 1.54) is 12.1 Å². The van der Waals surface area contributed by atoms with Gasteiger partial charge in [0.05, 0.1) is 11.1 Å². The van der Waals surface area contributed by atoms with Crippen LogP contribution in [0.4, 0.5) is 4.39 Å². The van der Waals surface area contributed by atoms with Crippen LogP contribution in [0.5, 0.6) is 0 Å². The zero-order valence-corrected chi connectivity index (χ0v) is 8.61. The summed E-state index contributed by atoms with van der Waals surface area (Å²) in [7, 11) is 0. The Morgan fingerprint density at radius 3 is 2.71 bits per heavy atom. The molecule has 0 saturated heterocycles. The van der Waals surface area contributed by atoms with Crippen molar-refractivity contribution in [1.29, 1.82) is 0 Å². The lowest BCUT2D eigenvalue weighted by Crippen LogP contribution is -2.28. The molecule has 2 nitrogen and oxygen atoms in total. The normalized spacial score (nSPS) is 12.6. The molecule has 1 aromatic carbocycles. The van der Waals surface area contributed by atoms with Gasteiger partial charge in [-0.15, -0.1) is 0 Å². The molecule has 0 bridgehead atoms. The van der Waals surface area contributed by atoms with Crippen molar-refractivity contribution in [2.45, 2.75) is 13.0 Å². The number of hydrogen-bond donors (Lipinski definition) is 2. The molecular weight excluding hydrogens is 203 g/mol. The summed E-state index contributed by atoms with van der Waals surface area (Å²) < 4.78 is 12.9. The number of hydrazine groups is 1. The van der Waals surface area contributed by atoms with Gasteiger partial charge in [0.2, 0.25) is 0 Å². The number of nitrogens with two attached hydrogens (primary N) is 1. The van der Waals surface area contributed by atoms with Gasteiger partial charge in [-0.2, -0.15) is 0 Å². The molecule has 0 spiro atoms. The topological polar surface area (TPSA) is 38.0 Å². The van der Waals surface area contributed by atoms with Crippen molar-refractivity contribution in [3.63, 3.8) is 0 Å². The first-order chi connectivity index (χ1) is 6.56. The van der Waals surface area contributed by atoms with Gasteiger partial charge in [-0.25, -0.2) is 9.82 Å². The quantitative estimate of drug-likeness (QED) is 0.461. The summed E-state index contributed by atoms with van der Waals surface area (Å²) >= 11 is 5.65. The largest absolute Gasteiger partial charge is 0.271 e. The van der Waals surface area contributed by atoms with Crippen molar-refractivity contribution in [1.82, 2.24) is 5.43 Å². The molecule has 0 aliphatic rings. The molecule has 0 heterocycles. The van der Waals surface area contributed by atoms with Crippen molar-refractivity contribution in [2.75, 3.05) is 0 Å². The Morgan fingerprint density at radius 1 is 1.64 bits per heavy atom. The fourth-order valence-electron chi connectivity index (χ4n) is 1.21. The highest BCUT2D eigenvalue weighted by Gasteiger charge is 2.11. The van der Waals surface area contributed by atoms with Crippen LogP contribution >= 0.6 is 11.6 Å². The van der Waals surface area contributed by atoms with Gasteiger partial charge in [-0.1, -0.05) is 29.8 Å². The van der Waals surface area contributed by atoms with Gasteiger partial charge in [-0.3, -0.25) is 5.84 Å². The lowest BCUT2D eigenvalue weighted by Gasteiger charge is -2.16. The molecule has 0 saturated carbocycles. The van der Waals surface area contributed by atoms with Gasteiger partial charge in [-0.05, 0) is 24.6 Å². The fraction of sp³-hybridized carbons (Fsp3) is 0.200. The third kappa shape index (κ3) is 2.32. The van der Waals surface area contributed by atoms with Crippen LogP contribution in [-0.4, -0.2) is 0 Å². The number of nitrogens with one attached hydrogen (secondary N) is 1. The Hall–Kier alpha value is -0.900. The minimum atomic E-state index is -0.437. The maximum absolute atomic E-state index is 12.9. The Kier molecular flexibility index (Phi) is 3.63. The summed E-state index contributed by atoms with van der Waals surface area (Å²) in [5.41, 5.74) is 4.22. The average molecular weight is 215 g/mol. The van der Waals surface area contributed by atoms with Crippen LogP contribution in [-0.2, 0) is 0 Å². The fourth-order valence-corrected chi connectivity index (χ4v) is 1.40. The summed E-state index contributed by atoms with van der Waals surface area (Å²) in [5, 5.41) is 0.0870. The minimum Gasteiger partial charge on any atom is -0.271 e. The van der Waals surface area contributed by atoms with Crippen molar-refractivity contribution in [2.24, 2.45) is 5.84 Å². The molecule has 1 aromatic rings. The molecule has 4 heteroatoms. The number of benzene rings is 1. The van der Waals surface area contributed by atoms with Gasteiger partial charge < -0.3 is 0 Å². The van der Waals surface area contributed by atoms with Crippen molar-refractivity contribution in [3.05, 3.63) is 46.8 Å². The summed E-state index contributed by atoms with van der Waals surface area (Å²) in [6.45, 7) is 5.61. The maximum atomic E-state index is 12.9. The molecule has 1 rings (SSSR count). The van der Waals surface area contributed by atoms with E-state index in [-0.39, 0.29) is 11.1 Å². The second kappa shape index (κ2) is 4.55. The zero-order chi connectivity index (χ0) is 10.7. The number of rotatable bonds is 3. The molecule has 0 aliphatic heterocycles. The van der Waals surface area contributed by atoms with Crippen LogP contribution in [0, 0.1) is 5.82 Å². The van der Waals surface area contributed by atoms with Crippen LogP contribution in [0.15, 0.2) is 30.4 Å². The zero-order valence-electron chi connectivity index (χ0n) is 7.85. The van der Waals surface area contributed by atoms with E-state index >= 15 is 0 Å². The van der Waals surface area contributed by atoms with Gasteiger partial charge in [0.1, 0.15) is 5.82 Å². The second-order valence-corrected chi connectivity index (χ2v) is 3.53. The number of hydrogen-bond acceptors (Lipinski definition) is 2. The SMILES string of the molecule is C=C(C)C(NN)c1ccc(F)c(Cl)c1. The first-order valence-electron chi connectivity index (χ1n) is 4.12. The smallest absolute Gasteiger partial charge is 0.141 e. The van der Waals surface area contributed by atoms with Crippen LogP contribution in [0.1, 0.15) is 18.5 Å². The van der Waals surface area contributed by atoms with E-state index in [4.69, 9.17) is 17.4 Å². The van der Waals surface area contributed by atoms with E-state index < -0.39 is 5.82 Å². The Balaban J connectivity index is 3.06. The van der Waals surface area contributed by atoms with Gasteiger partial charge in [0.25, 0.3) is 0 Å². The molecular formula is C10H12ClFN2. The summed E-state index contributed by atoms with van der Waals surface area (Å²) in [4.78, 5) is 0. The molecule has 1 unspecified atom stereocenters. The summed E-state index contributed by atoms with van der Waals surface area (Å²) in [5.74, 6) is 4.91. The van der Waals surface area contributed by atoms with Crippen LogP contribution in [0.3, 0.4) is 0 Å². The molecule has 76 valence electrons. The van der Waals surface area contributed by atoms with E-state index in [1.54, 1.807) is 6.07 Å². The molecule has 3 N–H and O–H groups in total. The van der Waals surface area contributed by atoms with Crippen LogP contribution in [0.25, 0.3) is 0 Å². The Labute approximate surface area is 87.5 Å². The molecule has 0 aliphatic carbocycles. The predicted molar refractivity (Wildman–Crippen MR) is 56.3 cm³/mol. The van der Waals surface area contributed by atoms with E-state index in [0.29, 0.717) is 0 Å². The Bertz CT molecular complexity index is 352. The first-order valence-corrected chi connectivity index (χ1v) is 4.50. The highest BCUT2D eigenvalue weighted by molar-refractivity contribution is 6.30. The standard InChI is InChI=1S/C10H12ClFN2/c1-6(2)10(14-13)7-3-4-9(12)8(11)5-7/h3-5,10,14H,1,13H2,2H3. The monoisotopic (exact) mass is 214 g/mol. The third-order valence-corrected chi connectivity index (χ3v) is 2.23. The highest BCUT2D eigenvalue weighted by Crippen LogP contribution is 2.23. The third-order valence-electron chi connectivity index (χ3n) is 1.94. The van der Waals surface area contributed by atoms with E-state index in [1.807, 2.05) is 6.92 Å². The molecule has 0 fully saturated rings. The second-order valence-electron chi connectivity index (χ2n) is 3.12. The van der Waals surface area contributed by atoms with Crippen molar-refractivity contribution >= 4 is 11.6 Å². The lowest BCUT2D eigenvalue weighted by molar-refractivity contribution is 0.611. The van der Waals surface area contributed by atoms with Gasteiger partial charge in [0, 0.05) is 0 Å². The predicted octanol–water partition coefficient (Wildman–Crippen LogP) is 2.56. The van der Waals surface area contributed by atoms with Gasteiger partial charge >= 0.3 is 0 Å². The van der Waals surface area contributed by atoms with E-state index in [9.17, 15) is 4.39 Å². The molecule has 0 radical (unpaired) electrons. The summed E-state index contributed by atoms with van der Waals surface area (Å²) in [6, 6.07) is 4.27. The minimum absolute atomic E-state index is 0.0870. The molecule has 0 aromatic heterocycles. The Morgan fingerprint density at radius 2 is 2.29 bits per heavy atom. The van der Waals surface area contributed by atoms with Crippen molar-refractivity contribution in [3.8, 4) is 0 Å². The molecule has 0 amide bonds. The van der Waals surface area contributed by atoms with Crippen molar-refractivity contribution < 1.29 is 4.39 Å². The lowest BCUT2D eigenvalue weighted by atomic mass is 10.0. The van der Waals surface area contributed by atoms with E-state index in [0.717, 1.165) is 11.1 Å². The first kappa shape index (κ1) is 11.2. The molecule has 1 atom stereocenters. The summed E-state index contributed by atoms with van der Waals surface area (Å²) in [6.07, 6.45) is 0. The number of halogens is 2. The van der Waals surface area contributed by atoms with E-state index in [2.05, 4.69) is 12.0 Å². The average Bonchev–Trinajstić information content (AvgIpc) is 2.11. The maximum Gasteiger partial charge on any atom is 0.141 e. The molecule has 14 heavy (non-hydrogen) atoms. The highest BCUT2D eigenvalue weighted by atomic mass is 35.5. The van der Waals surface area contributed by atoms with Crippen LogP contribution in [0.2, 0.25) is 5.02 Å². The van der Waals surface area contributed by atoms with Crippen LogP contribution < -0.4 is 11.3 Å². The van der Waals surface area contributed by atoms with Gasteiger partial charge in [0.15, 0.2) is 0 Å².